The molecule has 0 aliphatic rings. The number of pyridine rings is 1. The Balaban J connectivity index is 2.04. The van der Waals surface area contributed by atoms with Gasteiger partial charge in [-0.3, -0.25) is 5.43 Å². The standard InChI is InChI=1S/C10H8Cl2N4S/c1-6-15-8(5-17-6)4-14-16-10-9(12)2-7(11)3-13-10/h2-5H,1H3,(H,13,16)/b14-4-. The lowest BCUT2D eigenvalue weighted by Crippen LogP contribution is -1.94. The highest BCUT2D eigenvalue weighted by Crippen LogP contribution is 2.22. The summed E-state index contributed by atoms with van der Waals surface area (Å²) in [5.41, 5.74) is 3.53. The molecule has 0 aliphatic carbocycles. The fourth-order valence-electron chi connectivity index (χ4n) is 1.10. The molecule has 0 fully saturated rings. The van der Waals surface area contributed by atoms with Gasteiger partial charge in [0.15, 0.2) is 5.82 Å². The molecule has 0 radical (unpaired) electrons. The van der Waals surface area contributed by atoms with Gasteiger partial charge in [-0.05, 0) is 13.0 Å². The molecule has 0 bridgehead atoms. The van der Waals surface area contributed by atoms with Crippen LogP contribution in [0, 0.1) is 6.92 Å². The molecule has 2 rings (SSSR count). The number of aromatic nitrogens is 2. The van der Waals surface area contributed by atoms with E-state index in [2.05, 4.69) is 20.5 Å². The Morgan fingerprint density at radius 2 is 2.29 bits per heavy atom. The number of aryl methyl sites for hydroxylation is 1. The minimum Gasteiger partial charge on any atom is -0.260 e. The Morgan fingerprint density at radius 3 is 2.94 bits per heavy atom. The van der Waals surface area contributed by atoms with Crippen molar-refractivity contribution in [1.29, 1.82) is 0 Å². The van der Waals surface area contributed by atoms with Crippen molar-refractivity contribution in [3.63, 3.8) is 0 Å². The van der Waals surface area contributed by atoms with E-state index in [4.69, 9.17) is 23.2 Å². The lowest BCUT2D eigenvalue weighted by molar-refractivity contribution is 1.22. The quantitative estimate of drug-likeness (QED) is 0.693. The smallest absolute Gasteiger partial charge is 0.165 e. The zero-order chi connectivity index (χ0) is 12.3. The number of nitrogens with one attached hydrogen (secondary N) is 1. The third-order valence-corrected chi connectivity index (χ3v) is 3.10. The molecule has 2 aromatic heterocycles. The second-order valence-electron chi connectivity index (χ2n) is 3.15. The predicted molar refractivity (Wildman–Crippen MR) is 72.3 cm³/mol. The molecule has 2 aromatic rings. The topological polar surface area (TPSA) is 50.2 Å². The van der Waals surface area contributed by atoms with Gasteiger partial charge in [-0.15, -0.1) is 11.3 Å². The largest absolute Gasteiger partial charge is 0.260 e. The van der Waals surface area contributed by atoms with Crippen molar-refractivity contribution in [2.24, 2.45) is 5.10 Å². The Morgan fingerprint density at radius 1 is 1.47 bits per heavy atom. The number of nitrogens with zero attached hydrogens (tertiary/aromatic N) is 3. The van der Waals surface area contributed by atoms with E-state index in [0.717, 1.165) is 10.7 Å². The van der Waals surface area contributed by atoms with E-state index in [1.54, 1.807) is 23.6 Å². The molecule has 0 saturated carbocycles. The van der Waals surface area contributed by atoms with Crippen molar-refractivity contribution in [3.05, 3.63) is 38.4 Å². The summed E-state index contributed by atoms with van der Waals surface area (Å²) in [5, 5.41) is 7.81. The van der Waals surface area contributed by atoms with Crippen LogP contribution in [0.3, 0.4) is 0 Å². The van der Waals surface area contributed by atoms with Crippen molar-refractivity contribution in [3.8, 4) is 0 Å². The third kappa shape index (κ3) is 3.39. The number of halogens is 2. The maximum Gasteiger partial charge on any atom is 0.165 e. The maximum absolute atomic E-state index is 5.92. The van der Waals surface area contributed by atoms with E-state index in [9.17, 15) is 0 Å². The van der Waals surface area contributed by atoms with Crippen LogP contribution in [0.1, 0.15) is 10.7 Å². The van der Waals surface area contributed by atoms with Gasteiger partial charge >= 0.3 is 0 Å². The molecule has 17 heavy (non-hydrogen) atoms. The Labute approximate surface area is 112 Å². The van der Waals surface area contributed by atoms with E-state index < -0.39 is 0 Å². The summed E-state index contributed by atoms with van der Waals surface area (Å²) in [5.74, 6) is 0.458. The van der Waals surface area contributed by atoms with Crippen molar-refractivity contribution in [2.75, 3.05) is 5.43 Å². The zero-order valence-electron chi connectivity index (χ0n) is 8.82. The van der Waals surface area contributed by atoms with E-state index >= 15 is 0 Å². The third-order valence-electron chi connectivity index (χ3n) is 1.81. The number of hydrazone groups is 1. The van der Waals surface area contributed by atoms with Gasteiger partial charge < -0.3 is 0 Å². The molecule has 2 heterocycles. The number of thiazole rings is 1. The summed E-state index contributed by atoms with van der Waals surface area (Å²) in [7, 11) is 0. The van der Waals surface area contributed by atoms with Gasteiger partial charge in [-0.25, -0.2) is 9.97 Å². The van der Waals surface area contributed by atoms with Crippen LogP contribution in [0.25, 0.3) is 0 Å². The van der Waals surface area contributed by atoms with Gasteiger partial charge in [0, 0.05) is 11.6 Å². The first kappa shape index (κ1) is 12.3. The molecule has 0 spiro atoms. The summed E-state index contributed by atoms with van der Waals surface area (Å²) in [6.45, 7) is 1.94. The first-order chi connectivity index (χ1) is 8.15. The lowest BCUT2D eigenvalue weighted by atomic mass is 10.5. The first-order valence-corrected chi connectivity index (χ1v) is 6.31. The minimum atomic E-state index is 0.420. The molecular weight excluding hydrogens is 279 g/mol. The van der Waals surface area contributed by atoms with Gasteiger partial charge in [0.1, 0.15) is 0 Å². The second-order valence-corrected chi connectivity index (χ2v) is 5.05. The lowest BCUT2D eigenvalue weighted by Gasteiger charge is -2.01. The molecule has 0 saturated heterocycles. The highest BCUT2D eigenvalue weighted by atomic mass is 35.5. The summed E-state index contributed by atoms with van der Waals surface area (Å²) < 4.78 is 0. The highest BCUT2D eigenvalue weighted by Gasteiger charge is 2.01. The SMILES string of the molecule is Cc1nc(/C=N\Nc2ncc(Cl)cc2Cl)cs1. The van der Waals surface area contributed by atoms with Gasteiger partial charge in [-0.2, -0.15) is 5.10 Å². The van der Waals surface area contributed by atoms with Crippen LogP contribution in [0.2, 0.25) is 10.0 Å². The molecule has 0 amide bonds. The van der Waals surface area contributed by atoms with Gasteiger partial charge in [0.2, 0.25) is 0 Å². The summed E-state index contributed by atoms with van der Waals surface area (Å²) >= 11 is 13.2. The maximum atomic E-state index is 5.92. The van der Waals surface area contributed by atoms with Gasteiger partial charge in [0.25, 0.3) is 0 Å². The molecule has 0 atom stereocenters. The van der Waals surface area contributed by atoms with E-state index in [1.165, 1.54) is 6.20 Å². The first-order valence-electron chi connectivity index (χ1n) is 4.67. The molecule has 0 unspecified atom stereocenters. The normalized spacial score (nSPS) is 11.0. The van der Waals surface area contributed by atoms with Crippen molar-refractivity contribution in [1.82, 2.24) is 9.97 Å². The molecule has 0 aliphatic heterocycles. The fraction of sp³-hybridized carbons (Fsp3) is 0.100. The van der Waals surface area contributed by atoms with Gasteiger partial charge in [-0.1, -0.05) is 23.2 Å². The Bertz CT molecular complexity index is 553. The number of rotatable bonds is 3. The van der Waals surface area contributed by atoms with E-state index in [1.807, 2.05) is 12.3 Å². The monoisotopic (exact) mass is 286 g/mol. The Kier molecular flexibility index (Phi) is 3.93. The van der Waals surface area contributed by atoms with Crippen molar-refractivity contribution < 1.29 is 0 Å². The molecule has 0 aromatic carbocycles. The van der Waals surface area contributed by atoms with Crippen molar-refractivity contribution in [2.45, 2.75) is 6.92 Å². The molecule has 1 N–H and O–H groups in total. The molecule has 7 heteroatoms. The summed E-state index contributed by atoms with van der Waals surface area (Å²) in [6, 6.07) is 1.60. The van der Waals surface area contributed by atoms with Crippen LogP contribution in [0.5, 0.6) is 0 Å². The summed E-state index contributed by atoms with van der Waals surface area (Å²) in [6.07, 6.45) is 3.11. The molecule has 88 valence electrons. The zero-order valence-corrected chi connectivity index (χ0v) is 11.1. The predicted octanol–water partition coefficient (Wildman–Crippen LogP) is 3.60. The minimum absolute atomic E-state index is 0.420. The van der Waals surface area contributed by atoms with Crippen LogP contribution in [-0.2, 0) is 0 Å². The van der Waals surface area contributed by atoms with Crippen LogP contribution >= 0.6 is 34.5 Å². The number of anilines is 1. The van der Waals surface area contributed by atoms with Crippen molar-refractivity contribution >= 4 is 46.6 Å². The second kappa shape index (κ2) is 5.44. The van der Waals surface area contributed by atoms with Crippen LogP contribution in [0.4, 0.5) is 5.82 Å². The molecular formula is C10H8Cl2N4S. The highest BCUT2D eigenvalue weighted by molar-refractivity contribution is 7.09. The summed E-state index contributed by atoms with van der Waals surface area (Å²) in [4.78, 5) is 8.24. The molecule has 4 nitrogen and oxygen atoms in total. The average molecular weight is 287 g/mol. The number of hydrogen-bond acceptors (Lipinski definition) is 5. The van der Waals surface area contributed by atoms with E-state index in [0.29, 0.717) is 15.9 Å². The fourth-order valence-corrected chi connectivity index (χ4v) is 2.08. The van der Waals surface area contributed by atoms with Gasteiger partial charge in [0.05, 0.1) is 27.0 Å². The van der Waals surface area contributed by atoms with E-state index in [-0.39, 0.29) is 0 Å². The Hall–Kier alpha value is -1.17. The van der Waals surface area contributed by atoms with Crippen LogP contribution in [0.15, 0.2) is 22.7 Å². The number of hydrogen-bond donors (Lipinski definition) is 1. The van der Waals surface area contributed by atoms with Crippen LogP contribution < -0.4 is 5.43 Å². The average Bonchev–Trinajstić information content (AvgIpc) is 2.68. The van der Waals surface area contributed by atoms with Crippen LogP contribution in [-0.4, -0.2) is 16.2 Å².